The zero-order chi connectivity index (χ0) is 19.8. The molecule has 2 aromatic rings. The van der Waals surface area contributed by atoms with E-state index in [1.54, 1.807) is 6.20 Å². The molecule has 28 heavy (non-hydrogen) atoms. The number of allylic oxidation sites excluding steroid dienone is 1. The van der Waals surface area contributed by atoms with Crippen molar-refractivity contribution in [2.75, 3.05) is 6.54 Å². The van der Waals surface area contributed by atoms with E-state index in [1.807, 2.05) is 44.2 Å². The van der Waals surface area contributed by atoms with Gasteiger partial charge in [0, 0.05) is 41.2 Å². The number of piperazine rings is 1. The number of aromatic amines is 1. The Kier molecular flexibility index (Phi) is 3.40. The van der Waals surface area contributed by atoms with Gasteiger partial charge in [0.15, 0.2) is 0 Å². The average molecular weight is 381 g/mol. The molecule has 0 aliphatic carbocycles. The van der Waals surface area contributed by atoms with Crippen LogP contribution in [0.3, 0.4) is 0 Å². The SMILES string of the molecule is CC1(C)/C=C\N2C(=O)[C@]3(O)[C@H](O)CCN3C(=O)[C@@H]2Cc2c1[nH]c1ccccc21. The molecule has 2 saturated heterocycles. The van der Waals surface area contributed by atoms with Gasteiger partial charge in [0.05, 0.1) is 0 Å². The minimum absolute atomic E-state index is 0.169. The summed E-state index contributed by atoms with van der Waals surface area (Å²) < 4.78 is 0. The lowest BCUT2D eigenvalue weighted by molar-refractivity contribution is -0.202. The van der Waals surface area contributed by atoms with E-state index in [0.717, 1.165) is 27.1 Å². The number of hydrogen-bond acceptors (Lipinski definition) is 4. The van der Waals surface area contributed by atoms with Gasteiger partial charge >= 0.3 is 0 Å². The highest BCUT2D eigenvalue weighted by Crippen LogP contribution is 2.40. The van der Waals surface area contributed by atoms with Crippen molar-refractivity contribution in [3.05, 3.63) is 47.8 Å². The van der Waals surface area contributed by atoms with Crippen molar-refractivity contribution < 1.29 is 19.8 Å². The van der Waals surface area contributed by atoms with Crippen molar-refractivity contribution in [3.63, 3.8) is 0 Å². The van der Waals surface area contributed by atoms with Crippen molar-refractivity contribution in [3.8, 4) is 0 Å². The number of rotatable bonds is 0. The number of fused-ring (bicyclic) bond motifs is 5. The Hall–Kier alpha value is -2.64. The molecule has 5 rings (SSSR count). The summed E-state index contributed by atoms with van der Waals surface area (Å²) in [5, 5.41) is 22.2. The molecule has 0 unspecified atom stereocenters. The summed E-state index contributed by atoms with van der Waals surface area (Å²) in [6, 6.07) is 7.19. The lowest BCUT2D eigenvalue weighted by Gasteiger charge is -2.47. The summed E-state index contributed by atoms with van der Waals surface area (Å²) in [5.74, 6) is -0.975. The molecule has 1 aromatic heterocycles. The molecule has 4 heterocycles. The van der Waals surface area contributed by atoms with E-state index in [9.17, 15) is 19.8 Å². The second kappa shape index (κ2) is 5.46. The number of aliphatic hydroxyl groups is 2. The Balaban J connectivity index is 1.70. The predicted octanol–water partition coefficient (Wildman–Crippen LogP) is 1.01. The van der Waals surface area contributed by atoms with Gasteiger partial charge in [-0.3, -0.25) is 9.59 Å². The summed E-state index contributed by atoms with van der Waals surface area (Å²) in [6.07, 6.45) is 2.72. The van der Waals surface area contributed by atoms with Crippen LogP contribution < -0.4 is 0 Å². The molecular weight excluding hydrogens is 358 g/mol. The lowest BCUT2D eigenvalue weighted by Crippen LogP contribution is -2.71. The number of amides is 2. The smallest absolute Gasteiger partial charge is 0.283 e. The van der Waals surface area contributed by atoms with Gasteiger partial charge in [-0.25, -0.2) is 0 Å². The number of nitrogens with one attached hydrogen (secondary N) is 1. The monoisotopic (exact) mass is 381 g/mol. The molecule has 2 amide bonds. The molecule has 0 spiro atoms. The van der Waals surface area contributed by atoms with E-state index >= 15 is 0 Å². The molecule has 3 atom stereocenters. The molecule has 3 aliphatic heterocycles. The number of nitrogens with zero attached hydrogens (tertiary/aromatic N) is 2. The van der Waals surface area contributed by atoms with Gasteiger partial charge in [0.2, 0.25) is 11.6 Å². The van der Waals surface area contributed by atoms with E-state index in [1.165, 1.54) is 4.90 Å². The van der Waals surface area contributed by atoms with Gasteiger partial charge in [0.1, 0.15) is 12.1 Å². The average Bonchev–Trinajstić information content (AvgIpc) is 3.18. The molecule has 3 aliphatic rings. The molecule has 0 saturated carbocycles. The second-order valence-electron chi connectivity index (χ2n) is 8.51. The molecule has 7 nitrogen and oxygen atoms in total. The minimum Gasteiger partial charge on any atom is -0.387 e. The quantitative estimate of drug-likeness (QED) is 0.634. The summed E-state index contributed by atoms with van der Waals surface area (Å²) in [7, 11) is 0. The third-order valence-corrected chi connectivity index (χ3v) is 6.45. The van der Waals surface area contributed by atoms with Crippen molar-refractivity contribution in [2.45, 2.75) is 50.0 Å². The third kappa shape index (κ3) is 2.06. The normalized spacial score (nSPS) is 32.6. The molecule has 1 aromatic carbocycles. The zero-order valence-electron chi connectivity index (χ0n) is 15.8. The van der Waals surface area contributed by atoms with Gasteiger partial charge in [-0.2, -0.15) is 0 Å². The molecule has 3 N–H and O–H groups in total. The van der Waals surface area contributed by atoms with Crippen LogP contribution >= 0.6 is 0 Å². The number of hydrogen-bond donors (Lipinski definition) is 3. The summed E-state index contributed by atoms with van der Waals surface area (Å²) in [4.78, 5) is 32.4. The van der Waals surface area contributed by atoms with Gasteiger partial charge in [0.25, 0.3) is 5.91 Å². The van der Waals surface area contributed by atoms with Crippen LogP contribution in [0.1, 0.15) is 31.5 Å². The van der Waals surface area contributed by atoms with E-state index in [2.05, 4.69) is 4.98 Å². The number of benzene rings is 1. The van der Waals surface area contributed by atoms with E-state index in [0.29, 0.717) is 6.42 Å². The number of aliphatic hydroxyl groups excluding tert-OH is 1. The molecule has 146 valence electrons. The number of carbonyl (C=O) groups excluding carboxylic acids is 2. The van der Waals surface area contributed by atoms with Crippen LogP contribution in [0.4, 0.5) is 0 Å². The Bertz CT molecular complexity index is 1040. The number of aromatic nitrogens is 1. The fourth-order valence-electron chi connectivity index (χ4n) is 4.83. The number of H-pyrrole nitrogens is 1. The van der Waals surface area contributed by atoms with Gasteiger partial charge in [-0.15, -0.1) is 0 Å². The van der Waals surface area contributed by atoms with E-state index in [-0.39, 0.29) is 18.9 Å². The van der Waals surface area contributed by atoms with Crippen LogP contribution in [0.5, 0.6) is 0 Å². The molecule has 7 heteroatoms. The Morgan fingerprint density at radius 1 is 1.21 bits per heavy atom. The first-order valence-electron chi connectivity index (χ1n) is 9.59. The maximum Gasteiger partial charge on any atom is 0.283 e. The van der Waals surface area contributed by atoms with Gasteiger partial charge in [-0.1, -0.05) is 38.1 Å². The van der Waals surface area contributed by atoms with Gasteiger partial charge < -0.3 is 25.0 Å². The maximum atomic E-state index is 13.2. The molecule has 2 fully saturated rings. The predicted molar refractivity (Wildman–Crippen MR) is 102 cm³/mol. The van der Waals surface area contributed by atoms with E-state index in [4.69, 9.17) is 0 Å². The third-order valence-electron chi connectivity index (χ3n) is 6.45. The maximum absolute atomic E-state index is 13.2. The van der Waals surface area contributed by atoms with Crippen molar-refractivity contribution in [2.24, 2.45) is 0 Å². The lowest BCUT2D eigenvalue weighted by atomic mass is 9.82. The Labute approximate surface area is 162 Å². The largest absolute Gasteiger partial charge is 0.387 e. The molecule has 0 bridgehead atoms. The van der Waals surface area contributed by atoms with Crippen LogP contribution in [0.15, 0.2) is 36.5 Å². The number of para-hydroxylation sites is 1. The summed E-state index contributed by atoms with van der Waals surface area (Å²) >= 11 is 0. The van der Waals surface area contributed by atoms with Crippen molar-refractivity contribution in [1.82, 2.24) is 14.8 Å². The number of carbonyl (C=O) groups is 2. The highest BCUT2D eigenvalue weighted by Gasteiger charge is 2.62. The van der Waals surface area contributed by atoms with Crippen molar-refractivity contribution >= 4 is 22.7 Å². The molecular formula is C21H23N3O4. The highest BCUT2D eigenvalue weighted by atomic mass is 16.4. The van der Waals surface area contributed by atoms with E-state index < -0.39 is 29.2 Å². The Morgan fingerprint density at radius 3 is 2.75 bits per heavy atom. The summed E-state index contributed by atoms with van der Waals surface area (Å²) in [5.41, 5.74) is 0.435. The molecule has 0 radical (unpaired) electrons. The van der Waals surface area contributed by atoms with Crippen LogP contribution in [0, 0.1) is 0 Å². The fourth-order valence-corrected chi connectivity index (χ4v) is 4.83. The second-order valence-corrected chi connectivity index (χ2v) is 8.51. The topological polar surface area (TPSA) is 96.9 Å². The Morgan fingerprint density at radius 2 is 1.96 bits per heavy atom. The minimum atomic E-state index is -2.18. The first-order chi connectivity index (χ1) is 13.2. The van der Waals surface area contributed by atoms with Crippen LogP contribution in [-0.4, -0.2) is 61.2 Å². The fraction of sp³-hybridized carbons (Fsp3) is 0.429. The zero-order valence-corrected chi connectivity index (χ0v) is 15.8. The van der Waals surface area contributed by atoms with Crippen LogP contribution in [0.25, 0.3) is 10.9 Å². The first kappa shape index (κ1) is 17.5. The van der Waals surface area contributed by atoms with Gasteiger partial charge in [-0.05, 0) is 18.1 Å². The first-order valence-corrected chi connectivity index (χ1v) is 9.59. The summed E-state index contributed by atoms with van der Waals surface area (Å²) in [6.45, 7) is 4.25. The van der Waals surface area contributed by atoms with Crippen molar-refractivity contribution in [1.29, 1.82) is 0 Å². The van der Waals surface area contributed by atoms with Crippen LogP contribution in [-0.2, 0) is 21.4 Å². The van der Waals surface area contributed by atoms with Crippen LogP contribution in [0.2, 0.25) is 0 Å². The standard InChI is InChI=1S/C21H23N3O4/c1-20(2)8-10-23-15(11-13-12-5-3-4-6-14(12)22-17(13)20)18(26)24-9-7-16(25)21(24,28)19(23)27/h3-6,8,10,15-16,22,25,28H,7,9,11H2,1-2H3/b10-8-/t15-,16+,21+/m0/s1. The highest BCUT2D eigenvalue weighted by molar-refractivity contribution is 6.01.